The van der Waals surface area contributed by atoms with Gasteiger partial charge in [-0.3, -0.25) is 0 Å². The summed E-state index contributed by atoms with van der Waals surface area (Å²) in [5.41, 5.74) is 2.02. The molecule has 0 aromatic heterocycles. The van der Waals surface area contributed by atoms with Crippen molar-refractivity contribution in [1.82, 2.24) is 0 Å². The molecule has 0 radical (unpaired) electrons. The molecule has 0 aliphatic carbocycles. The number of rotatable bonds is 8. The van der Waals surface area contributed by atoms with Crippen molar-refractivity contribution in [3.63, 3.8) is 0 Å². The first-order valence-corrected chi connectivity index (χ1v) is 7.75. The summed E-state index contributed by atoms with van der Waals surface area (Å²) in [6, 6.07) is 15.7. The average molecular weight is 316 g/mol. The van der Waals surface area contributed by atoms with Crippen molar-refractivity contribution in [2.24, 2.45) is 0 Å². The smallest absolute Gasteiger partial charge is 0.124 e. The molecule has 2 aromatic carbocycles. The van der Waals surface area contributed by atoms with E-state index in [2.05, 4.69) is 0 Å². The van der Waals surface area contributed by atoms with Gasteiger partial charge in [-0.1, -0.05) is 30.3 Å². The summed E-state index contributed by atoms with van der Waals surface area (Å²) in [5, 5.41) is 9.14. The Labute approximate surface area is 137 Å². The fraction of sp³-hybridized carbons (Fsp3) is 0.368. The molecule has 0 fully saturated rings. The van der Waals surface area contributed by atoms with Crippen molar-refractivity contribution < 1.29 is 19.3 Å². The van der Waals surface area contributed by atoms with Gasteiger partial charge < -0.3 is 19.3 Å². The zero-order chi connectivity index (χ0) is 16.7. The highest BCUT2D eigenvalue weighted by atomic mass is 16.5. The highest BCUT2D eigenvalue weighted by molar-refractivity contribution is 5.41. The van der Waals surface area contributed by atoms with Gasteiger partial charge in [-0.05, 0) is 37.6 Å². The van der Waals surface area contributed by atoms with E-state index >= 15 is 0 Å². The second-order valence-electron chi connectivity index (χ2n) is 5.45. The lowest BCUT2D eigenvalue weighted by Gasteiger charge is -2.20. The Morgan fingerprint density at radius 1 is 1.04 bits per heavy atom. The van der Waals surface area contributed by atoms with Crippen molar-refractivity contribution in [2.75, 3.05) is 13.7 Å². The van der Waals surface area contributed by atoms with Crippen LogP contribution in [0.15, 0.2) is 48.5 Å². The number of aliphatic hydroxyl groups excluding tert-OH is 1. The standard InChI is InChI=1S/C19H24O4/c1-14(12-20)23-15(2)18-11-17(9-10-19(18)21-3)22-13-16-7-5-4-6-8-16/h4-11,14-15,20H,12-13H2,1-3H3/t14-,15+/m1/s1. The van der Waals surface area contributed by atoms with Crippen molar-refractivity contribution in [3.8, 4) is 11.5 Å². The summed E-state index contributed by atoms with van der Waals surface area (Å²) in [5.74, 6) is 1.51. The lowest BCUT2D eigenvalue weighted by Crippen LogP contribution is -2.16. The Morgan fingerprint density at radius 3 is 2.43 bits per heavy atom. The van der Waals surface area contributed by atoms with Crippen LogP contribution in [0, 0.1) is 0 Å². The molecule has 0 aliphatic rings. The topological polar surface area (TPSA) is 47.9 Å². The van der Waals surface area contributed by atoms with Crippen LogP contribution in [0.2, 0.25) is 0 Å². The Balaban J connectivity index is 2.11. The van der Waals surface area contributed by atoms with Crippen LogP contribution in [0.25, 0.3) is 0 Å². The van der Waals surface area contributed by atoms with Gasteiger partial charge in [0.2, 0.25) is 0 Å². The maximum atomic E-state index is 9.14. The van der Waals surface area contributed by atoms with Gasteiger partial charge in [-0.25, -0.2) is 0 Å². The van der Waals surface area contributed by atoms with Crippen LogP contribution in [0.3, 0.4) is 0 Å². The van der Waals surface area contributed by atoms with E-state index in [1.54, 1.807) is 7.11 Å². The number of aliphatic hydroxyl groups is 1. The molecule has 23 heavy (non-hydrogen) atoms. The van der Waals surface area contributed by atoms with Gasteiger partial charge in [0.25, 0.3) is 0 Å². The van der Waals surface area contributed by atoms with Crippen molar-refractivity contribution in [1.29, 1.82) is 0 Å². The first-order valence-electron chi connectivity index (χ1n) is 7.75. The molecule has 0 amide bonds. The minimum absolute atomic E-state index is 0.0170. The maximum Gasteiger partial charge on any atom is 0.124 e. The lowest BCUT2D eigenvalue weighted by molar-refractivity contribution is -0.0228. The molecule has 1 N–H and O–H groups in total. The van der Waals surface area contributed by atoms with Gasteiger partial charge in [0.1, 0.15) is 18.1 Å². The van der Waals surface area contributed by atoms with Gasteiger partial charge in [-0.2, -0.15) is 0 Å². The summed E-state index contributed by atoms with van der Waals surface area (Å²) >= 11 is 0. The van der Waals surface area contributed by atoms with Crippen LogP contribution in [-0.4, -0.2) is 24.9 Å². The fourth-order valence-electron chi connectivity index (χ4n) is 2.33. The molecule has 2 atom stereocenters. The molecule has 0 unspecified atom stereocenters. The van der Waals surface area contributed by atoms with Gasteiger partial charge in [0.15, 0.2) is 0 Å². The molecule has 2 rings (SSSR count). The molecular weight excluding hydrogens is 292 g/mol. The lowest BCUT2D eigenvalue weighted by atomic mass is 10.1. The molecular formula is C19H24O4. The minimum Gasteiger partial charge on any atom is -0.496 e. The molecule has 0 spiro atoms. The summed E-state index contributed by atoms with van der Waals surface area (Å²) in [7, 11) is 1.63. The summed E-state index contributed by atoms with van der Waals surface area (Å²) < 4.78 is 17.0. The summed E-state index contributed by atoms with van der Waals surface area (Å²) in [6.45, 7) is 4.26. The Kier molecular flexibility index (Phi) is 6.44. The predicted molar refractivity (Wildman–Crippen MR) is 89.8 cm³/mol. The highest BCUT2D eigenvalue weighted by Crippen LogP contribution is 2.32. The number of hydrogen-bond donors (Lipinski definition) is 1. The SMILES string of the molecule is COc1ccc(OCc2ccccc2)cc1[C@H](C)O[C@H](C)CO. The minimum atomic E-state index is -0.233. The normalized spacial score (nSPS) is 13.4. The van der Waals surface area contributed by atoms with Crippen LogP contribution in [0.4, 0.5) is 0 Å². The second-order valence-corrected chi connectivity index (χ2v) is 5.45. The van der Waals surface area contributed by atoms with Gasteiger partial charge >= 0.3 is 0 Å². The van der Waals surface area contributed by atoms with E-state index in [0.29, 0.717) is 6.61 Å². The van der Waals surface area contributed by atoms with Crippen molar-refractivity contribution in [3.05, 3.63) is 59.7 Å². The van der Waals surface area contributed by atoms with Gasteiger partial charge in [0.05, 0.1) is 25.9 Å². The maximum absolute atomic E-state index is 9.14. The molecule has 4 heteroatoms. The number of ether oxygens (including phenoxy) is 3. The van der Waals surface area contributed by atoms with E-state index in [4.69, 9.17) is 19.3 Å². The largest absolute Gasteiger partial charge is 0.496 e. The molecule has 0 saturated carbocycles. The van der Waals surface area contributed by atoms with E-state index in [1.807, 2.05) is 62.4 Å². The van der Waals surface area contributed by atoms with Gasteiger partial charge in [-0.15, -0.1) is 0 Å². The number of hydrogen-bond acceptors (Lipinski definition) is 4. The molecule has 0 saturated heterocycles. The number of benzene rings is 2. The first-order chi connectivity index (χ1) is 11.1. The number of methoxy groups -OCH3 is 1. The zero-order valence-corrected chi connectivity index (χ0v) is 13.9. The molecule has 124 valence electrons. The molecule has 0 bridgehead atoms. The predicted octanol–water partition coefficient (Wildman–Crippen LogP) is 3.73. The van der Waals surface area contributed by atoms with Crippen LogP contribution >= 0.6 is 0 Å². The second kappa shape index (κ2) is 8.56. The van der Waals surface area contributed by atoms with Crippen LogP contribution in [-0.2, 0) is 11.3 Å². The summed E-state index contributed by atoms with van der Waals surface area (Å²) in [4.78, 5) is 0. The zero-order valence-electron chi connectivity index (χ0n) is 13.9. The van der Waals surface area contributed by atoms with E-state index in [-0.39, 0.29) is 18.8 Å². The quantitative estimate of drug-likeness (QED) is 0.806. The van der Waals surface area contributed by atoms with Crippen LogP contribution < -0.4 is 9.47 Å². The first kappa shape index (κ1) is 17.3. The third kappa shape index (κ3) is 4.98. The van der Waals surface area contributed by atoms with E-state index in [1.165, 1.54) is 0 Å². The van der Waals surface area contributed by atoms with Crippen molar-refractivity contribution in [2.45, 2.75) is 32.7 Å². The third-order valence-corrected chi connectivity index (χ3v) is 3.58. The Morgan fingerprint density at radius 2 is 1.78 bits per heavy atom. The molecule has 2 aromatic rings. The van der Waals surface area contributed by atoms with Gasteiger partial charge in [0, 0.05) is 5.56 Å². The Hall–Kier alpha value is -2.04. The monoisotopic (exact) mass is 316 g/mol. The molecule has 0 aliphatic heterocycles. The van der Waals surface area contributed by atoms with Crippen LogP contribution in [0.5, 0.6) is 11.5 Å². The molecule has 0 heterocycles. The Bertz CT molecular complexity index is 598. The van der Waals surface area contributed by atoms with Crippen LogP contribution in [0.1, 0.15) is 31.1 Å². The van der Waals surface area contributed by atoms with Crippen molar-refractivity contribution >= 4 is 0 Å². The molecule has 4 nitrogen and oxygen atoms in total. The van der Waals surface area contributed by atoms with E-state index in [9.17, 15) is 0 Å². The average Bonchev–Trinajstić information content (AvgIpc) is 2.60. The third-order valence-electron chi connectivity index (χ3n) is 3.58. The summed E-state index contributed by atoms with van der Waals surface area (Å²) in [6.07, 6.45) is -0.434. The fourth-order valence-corrected chi connectivity index (χ4v) is 2.33. The van der Waals surface area contributed by atoms with E-state index in [0.717, 1.165) is 22.6 Å². The highest BCUT2D eigenvalue weighted by Gasteiger charge is 2.16. The van der Waals surface area contributed by atoms with E-state index < -0.39 is 0 Å².